The highest BCUT2D eigenvalue weighted by Crippen LogP contribution is 2.37. The summed E-state index contributed by atoms with van der Waals surface area (Å²) in [6, 6.07) is 4.72. The fraction of sp³-hybridized carbons (Fsp3) is 0.556. The van der Waals surface area contributed by atoms with Crippen molar-refractivity contribution in [3.8, 4) is 11.5 Å². The highest BCUT2D eigenvalue weighted by Gasteiger charge is 2.40. The average molecular weight is 608 g/mol. The van der Waals surface area contributed by atoms with Gasteiger partial charge in [0, 0.05) is 35.2 Å². The van der Waals surface area contributed by atoms with E-state index in [9.17, 15) is 9.90 Å². The summed E-state index contributed by atoms with van der Waals surface area (Å²) in [6.45, 7) is 13.9. The topological polar surface area (TPSA) is 136 Å². The van der Waals surface area contributed by atoms with Gasteiger partial charge in [-0.05, 0) is 68.4 Å². The zero-order valence-corrected chi connectivity index (χ0v) is 25.7. The maximum Gasteiger partial charge on any atom is 0.373 e. The maximum atomic E-state index is 11.8. The van der Waals surface area contributed by atoms with E-state index in [0.717, 1.165) is 35.2 Å². The van der Waals surface area contributed by atoms with Crippen LogP contribution in [0.5, 0.6) is 11.5 Å². The van der Waals surface area contributed by atoms with Crippen LogP contribution in [0, 0.1) is 6.92 Å². The second kappa shape index (κ2) is 13.5. The first-order valence-electron chi connectivity index (χ1n) is 12.7. The maximum absolute atomic E-state index is 11.8. The quantitative estimate of drug-likeness (QED) is 0.362. The smallest absolute Gasteiger partial charge is 0.373 e. The molecule has 2 aliphatic carbocycles. The minimum atomic E-state index is -1.75. The van der Waals surface area contributed by atoms with Crippen molar-refractivity contribution in [1.29, 1.82) is 0 Å². The lowest BCUT2D eigenvalue weighted by atomic mass is 10.2. The van der Waals surface area contributed by atoms with E-state index in [1.807, 2.05) is 18.0 Å². The molecule has 0 saturated heterocycles. The Labute approximate surface area is 234 Å². The van der Waals surface area contributed by atoms with Crippen LogP contribution in [0.4, 0.5) is 0 Å². The molecule has 9 nitrogen and oxygen atoms in total. The molecular weight excluding hydrogens is 568 g/mol. The van der Waals surface area contributed by atoms with Gasteiger partial charge in [-0.1, -0.05) is 36.7 Å². The number of fused-ring (bicyclic) bond motifs is 1. The standard InChI is InChI=1S/C13H22BrNOSi.C10H10N2O2.C3H7N.CO2/c1-10-11(8-14)7-12(9-15-10)16-17(5,6)13(2,3)4;13-8-3-6-5-12(7-1-2-7)10(14)9(6)11-4-8;4-3-1-2-3;2-1-3/h7,9H,8H2,1-6H3;3-4,7,13H,1-2,5H2;3H,1-2,4H2;. The summed E-state index contributed by atoms with van der Waals surface area (Å²) in [5.41, 5.74) is 8.84. The summed E-state index contributed by atoms with van der Waals surface area (Å²) in [6.07, 6.45) is 8.15. The van der Waals surface area contributed by atoms with Crippen molar-refractivity contribution in [3.63, 3.8) is 0 Å². The summed E-state index contributed by atoms with van der Waals surface area (Å²) in [4.78, 5) is 38.2. The van der Waals surface area contributed by atoms with Gasteiger partial charge in [-0.15, -0.1) is 0 Å². The molecule has 3 heterocycles. The Bertz CT molecular complexity index is 1140. The summed E-state index contributed by atoms with van der Waals surface area (Å²) in [5.74, 6) is 1.05. The molecule has 11 heteroatoms. The van der Waals surface area contributed by atoms with Crippen LogP contribution in [0.3, 0.4) is 0 Å². The Morgan fingerprint density at radius 2 is 1.74 bits per heavy atom. The van der Waals surface area contributed by atoms with Gasteiger partial charge in [-0.3, -0.25) is 9.78 Å². The molecule has 0 spiro atoms. The molecule has 2 aromatic rings. The van der Waals surface area contributed by atoms with Gasteiger partial charge in [0.05, 0.1) is 12.4 Å². The molecule has 0 aromatic carbocycles. The summed E-state index contributed by atoms with van der Waals surface area (Å²) >= 11 is 3.48. The summed E-state index contributed by atoms with van der Waals surface area (Å²) in [7, 11) is -1.75. The number of carbonyl (C=O) groups excluding carboxylic acids is 3. The van der Waals surface area contributed by atoms with E-state index in [1.54, 1.807) is 6.07 Å². The molecule has 2 aromatic heterocycles. The lowest BCUT2D eigenvalue weighted by Gasteiger charge is -2.36. The number of aromatic nitrogens is 2. The van der Waals surface area contributed by atoms with Crippen LogP contribution in [0.1, 0.15) is 73.8 Å². The first-order valence-corrected chi connectivity index (χ1v) is 16.7. The fourth-order valence-corrected chi connectivity index (χ4v) is 4.75. The predicted molar refractivity (Wildman–Crippen MR) is 150 cm³/mol. The van der Waals surface area contributed by atoms with E-state index < -0.39 is 8.32 Å². The average Bonchev–Trinajstić information content (AvgIpc) is 3.77. The normalized spacial score (nSPS) is 16.0. The summed E-state index contributed by atoms with van der Waals surface area (Å²) in [5, 5.41) is 10.3. The van der Waals surface area contributed by atoms with Crippen molar-refractivity contribution in [2.75, 3.05) is 0 Å². The van der Waals surface area contributed by atoms with Crippen LogP contribution in [0.25, 0.3) is 0 Å². The molecule has 1 amide bonds. The van der Waals surface area contributed by atoms with Gasteiger partial charge >= 0.3 is 6.15 Å². The number of nitrogens with zero attached hydrogens (tertiary/aromatic N) is 3. The molecule has 0 unspecified atom stereocenters. The van der Waals surface area contributed by atoms with Crippen molar-refractivity contribution in [2.24, 2.45) is 5.73 Å². The van der Waals surface area contributed by atoms with Crippen molar-refractivity contribution >= 4 is 36.3 Å². The van der Waals surface area contributed by atoms with Crippen molar-refractivity contribution in [1.82, 2.24) is 14.9 Å². The summed E-state index contributed by atoms with van der Waals surface area (Å²) < 4.78 is 6.22. The van der Waals surface area contributed by atoms with Crippen LogP contribution >= 0.6 is 15.9 Å². The minimum absolute atomic E-state index is 0.0162. The second-order valence-corrected chi connectivity index (χ2v) is 16.5. The van der Waals surface area contributed by atoms with E-state index in [2.05, 4.69) is 65.8 Å². The first-order chi connectivity index (χ1) is 17.7. The third kappa shape index (κ3) is 9.30. The van der Waals surface area contributed by atoms with E-state index in [0.29, 0.717) is 24.3 Å². The highest BCUT2D eigenvalue weighted by atomic mass is 79.9. The van der Waals surface area contributed by atoms with Gasteiger partial charge in [0.25, 0.3) is 14.2 Å². The number of hydrogen-bond acceptors (Lipinski definition) is 8. The van der Waals surface area contributed by atoms with E-state index in [4.69, 9.17) is 19.7 Å². The number of pyridine rings is 2. The van der Waals surface area contributed by atoms with E-state index in [-0.39, 0.29) is 22.8 Å². The Morgan fingerprint density at radius 3 is 2.21 bits per heavy atom. The van der Waals surface area contributed by atoms with E-state index in [1.165, 1.54) is 24.6 Å². The van der Waals surface area contributed by atoms with Crippen LogP contribution in [0.15, 0.2) is 24.5 Å². The SMILES string of the molecule is Cc1ncc(O[Si](C)(C)C(C)(C)C)cc1CBr.NC1CC1.O=C1c2ncc(O)cc2CN1C1CC1.O=C=O. The Kier molecular flexibility index (Phi) is 11.2. The van der Waals surface area contributed by atoms with E-state index >= 15 is 0 Å². The molecule has 208 valence electrons. The van der Waals surface area contributed by atoms with Crippen LogP contribution in [-0.4, -0.2) is 52.4 Å². The molecule has 3 aliphatic rings. The highest BCUT2D eigenvalue weighted by molar-refractivity contribution is 9.08. The molecule has 0 radical (unpaired) electrons. The lowest BCUT2D eigenvalue weighted by Crippen LogP contribution is -2.43. The van der Waals surface area contributed by atoms with Crippen LogP contribution in [0.2, 0.25) is 18.1 Å². The molecule has 0 atom stereocenters. The number of hydrogen-bond donors (Lipinski definition) is 2. The van der Waals surface area contributed by atoms with Gasteiger partial charge in [0.2, 0.25) is 0 Å². The Morgan fingerprint density at radius 1 is 1.16 bits per heavy atom. The minimum Gasteiger partial charge on any atom is -0.542 e. The number of halogens is 1. The lowest BCUT2D eigenvalue weighted by molar-refractivity contribution is -0.191. The molecule has 2 saturated carbocycles. The monoisotopic (exact) mass is 606 g/mol. The number of aromatic hydroxyl groups is 1. The van der Waals surface area contributed by atoms with Gasteiger partial charge in [0.1, 0.15) is 17.2 Å². The number of aryl methyl sites for hydroxylation is 1. The third-order valence-corrected chi connectivity index (χ3v) is 11.8. The number of carbonyl (C=O) groups is 1. The molecule has 5 rings (SSSR count). The number of nitrogens with two attached hydrogens (primary N) is 1. The van der Waals surface area contributed by atoms with Gasteiger partial charge in [-0.25, -0.2) is 4.98 Å². The molecular formula is C27H39BrN4O5Si. The number of rotatable bonds is 4. The first kappa shape index (κ1) is 31.6. The molecule has 0 bridgehead atoms. The molecule has 3 N–H and O–H groups in total. The molecule has 1 aliphatic heterocycles. The van der Waals surface area contributed by atoms with Crippen molar-refractivity contribution in [2.45, 2.75) is 95.5 Å². The Balaban J connectivity index is 0.000000215. The molecule has 38 heavy (non-hydrogen) atoms. The Hall–Kier alpha value is -2.59. The van der Waals surface area contributed by atoms with Crippen molar-refractivity contribution < 1.29 is 23.9 Å². The third-order valence-electron chi connectivity index (χ3n) is 6.86. The number of alkyl halides is 1. The molecule has 2 fully saturated rings. The van der Waals surface area contributed by atoms with Crippen LogP contribution in [-0.2, 0) is 21.5 Å². The zero-order valence-electron chi connectivity index (χ0n) is 23.1. The fourth-order valence-electron chi connectivity index (χ4n) is 3.18. The van der Waals surface area contributed by atoms with Crippen LogP contribution < -0.4 is 10.2 Å². The number of amides is 1. The van der Waals surface area contributed by atoms with Gasteiger partial charge in [0.15, 0.2) is 0 Å². The predicted octanol–water partition coefficient (Wildman–Crippen LogP) is 5.10. The second-order valence-electron chi connectivity index (χ2n) is 11.2. The van der Waals surface area contributed by atoms with Crippen molar-refractivity contribution in [3.05, 3.63) is 47.0 Å². The van der Waals surface area contributed by atoms with Gasteiger partial charge < -0.3 is 20.2 Å². The van der Waals surface area contributed by atoms with Gasteiger partial charge in [-0.2, -0.15) is 9.59 Å². The zero-order chi connectivity index (χ0) is 28.7. The largest absolute Gasteiger partial charge is 0.542 e.